The summed E-state index contributed by atoms with van der Waals surface area (Å²) >= 11 is 0. The molecule has 0 saturated heterocycles. The second-order valence-corrected chi connectivity index (χ2v) is 5.30. The van der Waals surface area contributed by atoms with Gasteiger partial charge < -0.3 is 0 Å². The van der Waals surface area contributed by atoms with Crippen LogP contribution in [0.15, 0.2) is 41.8 Å². The minimum Gasteiger partial charge on any atom is -0.274 e. The molecule has 0 radical (unpaired) electrons. The van der Waals surface area contributed by atoms with E-state index in [4.69, 9.17) is 4.84 Å². The highest BCUT2D eigenvalue weighted by atomic mass is 32.2. The molecule has 0 unspecified atom stereocenters. The molecule has 0 aromatic heterocycles. The average molecular weight is 284 g/mol. The molecule has 2 N–H and O–H groups in total. The molecule has 1 rings (SSSR count). The predicted molar refractivity (Wildman–Crippen MR) is 70.9 cm³/mol. The van der Waals surface area contributed by atoms with E-state index in [0.29, 0.717) is 6.61 Å². The number of hydrogen-bond acceptors (Lipinski definition) is 4. The molecule has 6 nitrogen and oxygen atoms in total. The van der Waals surface area contributed by atoms with Crippen LogP contribution in [0.4, 0.5) is 0 Å². The Morgan fingerprint density at radius 1 is 1.47 bits per heavy atom. The van der Waals surface area contributed by atoms with Gasteiger partial charge in [-0.3, -0.25) is 9.63 Å². The van der Waals surface area contributed by atoms with Gasteiger partial charge in [0.15, 0.2) is 0 Å². The van der Waals surface area contributed by atoms with E-state index >= 15 is 0 Å². The maximum absolute atomic E-state index is 11.9. The molecular formula is C12H16N2O4S. The van der Waals surface area contributed by atoms with Crippen molar-refractivity contribution in [2.75, 3.05) is 13.2 Å². The number of hydroxylamine groups is 1. The van der Waals surface area contributed by atoms with Gasteiger partial charge in [-0.1, -0.05) is 12.1 Å². The molecule has 7 heteroatoms. The maximum atomic E-state index is 11.9. The first kappa shape index (κ1) is 15.4. The largest absolute Gasteiger partial charge is 0.274 e. The van der Waals surface area contributed by atoms with Crippen LogP contribution in [0, 0.1) is 0 Å². The third kappa shape index (κ3) is 4.47. The van der Waals surface area contributed by atoms with Gasteiger partial charge in [0.25, 0.3) is 5.91 Å². The number of nitrogens with one attached hydrogen (secondary N) is 2. The minimum absolute atomic E-state index is 0.0125. The second-order valence-electron chi connectivity index (χ2n) is 3.53. The van der Waals surface area contributed by atoms with E-state index in [1.165, 1.54) is 30.3 Å². The molecule has 1 amide bonds. The molecule has 0 bridgehead atoms. The monoisotopic (exact) mass is 284 g/mol. The lowest BCUT2D eigenvalue weighted by Crippen LogP contribution is -2.26. The number of carbonyl (C=O) groups excluding carboxylic acids is 1. The molecule has 19 heavy (non-hydrogen) atoms. The van der Waals surface area contributed by atoms with Crippen LogP contribution in [0.2, 0.25) is 0 Å². The summed E-state index contributed by atoms with van der Waals surface area (Å²) in [5.41, 5.74) is 2.40. The zero-order chi connectivity index (χ0) is 14.3. The summed E-state index contributed by atoms with van der Waals surface area (Å²) in [6.45, 7) is 5.60. The topological polar surface area (TPSA) is 84.5 Å². The van der Waals surface area contributed by atoms with Crippen molar-refractivity contribution in [3.63, 3.8) is 0 Å². The Labute approximate surface area is 112 Å². The van der Waals surface area contributed by atoms with E-state index in [1.54, 1.807) is 6.92 Å². The van der Waals surface area contributed by atoms with Gasteiger partial charge in [-0.15, -0.1) is 6.58 Å². The van der Waals surface area contributed by atoms with Crippen molar-refractivity contribution in [3.8, 4) is 0 Å². The third-order valence-electron chi connectivity index (χ3n) is 2.13. The zero-order valence-electron chi connectivity index (χ0n) is 10.5. The first-order valence-corrected chi connectivity index (χ1v) is 7.12. The first-order chi connectivity index (χ1) is 9.01. The zero-order valence-corrected chi connectivity index (χ0v) is 11.4. The Bertz CT molecular complexity index is 555. The van der Waals surface area contributed by atoms with Gasteiger partial charge in [-0.2, -0.15) is 0 Å². The fraction of sp³-hybridized carbons (Fsp3) is 0.250. The highest BCUT2D eigenvalue weighted by Gasteiger charge is 2.15. The summed E-state index contributed by atoms with van der Waals surface area (Å²) in [4.78, 5) is 16.4. The smallest absolute Gasteiger partial charge is 0.274 e. The van der Waals surface area contributed by atoms with Gasteiger partial charge >= 0.3 is 0 Å². The van der Waals surface area contributed by atoms with Crippen LogP contribution in [-0.2, 0) is 14.9 Å². The number of rotatable bonds is 7. The van der Waals surface area contributed by atoms with Crippen molar-refractivity contribution in [2.24, 2.45) is 0 Å². The SMILES string of the molecule is C=CCNS(=O)(=O)c1cccc(C(=O)NOCC)c1. The number of amides is 1. The van der Waals surface area contributed by atoms with Crippen molar-refractivity contribution in [3.05, 3.63) is 42.5 Å². The van der Waals surface area contributed by atoms with Gasteiger partial charge in [-0.05, 0) is 25.1 Å². The van der Waals surface area contributed by atoms with Gasteiger partial charge in [0.1, 0.15) is 0 Å². The second kappa shape index (κ2) is 7.03. The lowest BCUT2D eigenvalue weighted by atomic mass is 10.2. The van der Waals surface area contributed by atoms with Crippen molar-refractivity contribution in [1.29, 1.82) is 0 Å². The van der Waals surface area contributed by atoms with Crippen LogP contribution >= 0.6 is 0 Å². The molecule has 1 aromatic carbocycles. The molecule has 0 atom stereocenters. The van der Waals surface area contributed by atoms with Crippen LogP contribution in [0.25, 0.3) is 0 Å². The summed E-state index contributed by atoms with van der Waals surface area (Å²) in [7, 11) is -3.64. The van der Waals surface area contributed by atoms with Crippen LogP contribution in [0.3, 0.4) is 0 Å². The standard InChI is InChI=1S/C12H16N2O4S/c1-3-8-13-19(16,17)11-7-5-6-10(9-11)12(15)14-18-4-2/h3,5-7,9,13H,1,4,8H2,2H3,(H,14,15). The highest BCUT2D eigenvalue weighted by molar-refractivity contribution is 7.89. The molecule has 104 valence electrons. The first-order valence-electron chi connectivity index (χ1n) is 5.64. The fourth-order valence-corrected chi connectivity index (χ4v) is 2.30. The lowest BCUT2D eigenvalue weighted by molar-refractivity contribution is 0.0364. The normalized spacial score (nSPS) is 11.0. The number of sulfonamides is 1. The van der Waals surface area contributed by atoms with Crippen molar-refractivity contribution < 1.29 is 18.0 Å². The maximum Gasteiger partial charge on any atom is 0.274 e. The van der Waals surface area contributed by atoms with E-state index in [-0.39, 0.29) is 17.0 Å². The molecule has 0 heterocycles. The summed E-state index contributed by atoms with van der Waals surface area (Å²) in [5.74, 6) is -0.498. The highest BCUT2D eigenvalue weighted by Crippen LogP contribution is 2.11. The number of hydrogen-bond donors (Lipinski definition) is 2. The Balaban J connectivity index is 2.93. The number of benzene rings is 1. The summed E-state index contributed by atoms with van der Waals surface area (Å²) in [6, 6.07) is 5.67. The van der Waals surface area contributed by atoms with Gasteiger partial charge in [0.05, 0.1) is 11.5 Å². The molecule has 0 saturated carbocycles. The minimum atomic E-state index is -3.64. The van der Waals surface area contributed by atoms with E-state index in [1.807, 2.05) is 0 Å². The molecule has 0 aliphatic heterocycles. The molecule has 0 fully saturated rings. The third-order valence-corrected chi connectivity index (χ3v) is 3.55. The van der Waals surface area contributed by atoms with E-state index in [9.17, 15) is 13.2 Å². The molecule has 1 aromatic rings. The summed E-state index contributed by atoms with van der Waals surface area (Å²) < 4.78 is 26.0. The molecular weight excluding hydrogens is 268 g/mol. The van der Waals surface area contributed by atoms with Crippen molar-refractivity contribution >= 4 is 15.9 Å². The molecule has 0 aliphatic carbocycles. The van der Waals surface area contributed by atoms with E-state index in [2.05, 4.69) is 16.8 Å². The van der Waals surface area contributed by atoms with Crippen molar-refractivity contribution in [2.45, 2.75) is 11.8 Å². The quantitative estimate of drug-likeness (QED) is 0.574. The van der Waals surface area contributed by atoms with E-state index in [0.717, 1.165) is 0 Å². The van der Waals surface area contributed by atoms with Gasteiger partial charge in [0.2, 0.25) is 10.0 Å². The molecule has 0 aliphatic rings. The Hall–Kier alpha value is -1.70. The number of carbonyl (C=O) groups is 1. The lowest BCUT2D eigenvalue weighted by Gasteiger charge is -2.07. The summed E-state index contributed by atoms with van der Waals surface area (Å²) in [6.07, 6.45) is 1.43. The average Bonchev–Trinajstić information content (AvgIpc) is 2.42. The fourth-order valence-electron chi connectivity index (χ4n) is 1.25. The van der Waals surface area contributed by atoms with Crippen molar-refractivity contribution in [1.82, 2.24) is 10.2 Å². The van der Waals surface area contributed by atoms with Gasteiger partial charge in [0, 0.05) is 12.1 Å². The Kier molecular flexibility index (Phi) is 5.68. The van der Waals surface area contributed by atoms with Crippen LogP contribution < -0.4 is 10.2 Å². The molecule has 0 spiro atoms. The Morgan fingerprint density at radius 3 is 2.84 bits per heavy atom. The summed E-state index contributed by atoms with van der Waals surface area (Å²) in [5, 5.41) is 0. The predicted octanol–water partition coefficient (Wildman–Crippen LogP) is 0.832. The van der Waals surface area contributed by atoms with Crippen LogP contribution in [0.5, 0.6) is 0 Å². The van der Waals surface area contributed by atoms with E-state index < -0.39 is 15.9 Å². The Morgan fingerprint density at radius 2 is 2.21 bits per heavy atom. The van der Waals surface area contributed by atoms with Crippen LogP contribution in [0.1, 0.15) is 17.3 Å². The van der Waals surface area contributed by atoms with Gasteiger partial charge in [-0.25, -0.2) is 18.6 Å². The van der Waals surface area contributed by atoms with Crippen LogP contribution in [-0.4, -0.2) is 27.5 Å².